The van der Waals surface area contributed by atoms with E-state index in [1.54, 1.807) is 4.90 Å². The Morgan fingerprint density at radius 3 is 2.48 bits per heavy atom. The third-order valence-electron chi connectivity index (χ3n) is 4.12. The Kier molecular flexibility index (Phi) is 4.47. The number of nitrogens with zero attached hydrogens (tertiary/aromatic N) is 1. The highest BCUT2D eigenvalue weighted by Gasteiger charge is 2.17. The Balaban J connectivity index is 1.79. The van der Waals surface area contributed by atoms with Crippen molar-refractivity contribution in [1.29, 1.82) is 0 Å². The van der Waals surface area contributed by atoms with E-state index in [9.17, 15) is 4.79 Å². The summed E-state index contributed by atoms with van der Waals surface area (Å²) in [6.07, 6.45) is 1.25. The summed E-state index contributed by atoms with van der Waals surface area (Å²) in [5.74, 6) is 1.08. The molecular formula is C20H21NO2. The third kappa shape index (κ3) is 3.29. The zero-order valence-corrected chi connectivity index (χ0v) is 13.6. The largest absolute Gasteiger partial charge is 0.461 e. The van der Waals surface area contributed by atoms with E-state index in [1.807, 2.05) is 55.6 Å². The van der Waals surface area contributed by atoms with Crippen LogP contribution in [0.15, 0.2) is 59.0 Å². The van der Waals surface area contributed by atoms with Crippen LogP contribution in [0.3, 0.4) is 0 Å². The van der Waals surface area contributed by atoms with Gasteiger partial charge in [0, 0.05) is 31.0 Å². The second kappa shape index (κ2) is 6.69. The highest BCUT2D eigenvalue weighted by Crippen LogP contribution is 2.27. The number of furan rings is 1. The zero-order chi connectivity index (χ0) is 16.2. The van der Waals surface area contributed by atoms with Crippen LogP contribution in [0.1, 0.15) is 23.8 Å². The molecule has 1 aromatic heterocycles. The molecule has 0 N–H and O–H groups in total. The third-order valence-corrected chi connectivity index (χ3v) is 4.12. The van der Waals surface area contributed by atoms with Gasteiger partial charge in [-0.25, -0.2) is 0 Å². The predicted octanol–water partition coefficient (Wildman–Crippen LogP) is 4.20. The van der Waals surface area contributed by atoms with Crippen molar-refractivity contribution in [2.75, 3.05) is 7.05 Å². The summed E-state index contributed by atoms with van der Waals surface area (Å²) in [5, 5.41) is 1.10. The van der Waals surface area contributed by atoms with Crippen molar-refractivity contribution in [3.05, 3.63) is 71.5 Å². The number of hydrogen-bond donors (Lipinski definition) is 0. The van der Waals surface area contributed by atoms with Crippen molar-refractivity contribution in [2.45, 2.75) is 26.3 Å². The standard InChI is InChI=1S/C20H21NO2/c1-3-18-17(16-11-7-8-12-19(16)23-18)14-21(2)20(22)13-15-9-5-4-6-10-15/h4-12H,3,13-14H2,1-2H3. The molecule has 118 valence electrons. The first kappa shape index (κ1) is 15.3. The minimum absolute atomic E-state index is 0.114. The van der Waals surface area contributed by atoms with Crippen LogP contribution in [0.25, 0.3) is 11.0 Å². The molecule has 0 aliphatic carbocycles. The molecule has 2 aromatic carbocycles. The van der Waals surface area contributed by atoms with E-state index < -0.39 is 0 Å². The summed E-state index contributed by atoms with van der Waals surface area (Å²) in [5.41, 5.74) is 3.05. The number of likely N-dealkylation sites (N-methyl/N-ethyl adjacent to an activating group) is 1. The van der Waals surface area contributed by atoms with Crippen molar-refractivity contribution in [3.8, 4) is 0 Å². The van der Waals surface area contributed by atoms with Gasteiger partial charge in [0.1, 0.15) is 11.3 Å². The van der Waals surface area contributed by atoms with Gasteiger partial charge in [0.05, 0.1) is 6.42 Å². The van der Waals surface area contributed by atoms with Gasteiger partial charge in [-0.05, 0) is 11.6 Å². The van der Waals surface area contributed by atoms with Crippen LogP contribution in [-0.2, 0) is 24.2 Å². The fourth-order valence-corrected chi connectivity index (χ4v) is 2.84. The highest BCUT2D eigenvalue weighted by molar-refractivity contribution is 5.83. The molecule has 0 saturated carbocycles. The second-order valence-corrected chi connectivity index (χ2v) is 5.77. The van der Waals surface area contributed by atoms with Crippen molar-refractivity contribution in [2.24, 2.45) is 0 Å². The number of carbonyl (C=O) groups excluding carboxylic acids is 1. The van der Waals surface area contributed by atoms with Crippen LogP contribution in [0.4, 0.5) is 0 Å². The average Bonchev–Trinajstić information content (AvgIpc) is 2.93. The summed E-state index contributed by atoms with van der Waals surface area (Å²) in [4.78, 5) is 14.3. The van der Waals surface area contributed by atoms with Gasteiger partial charge in [0.2, 0.25) is 5.91 Å². The lowest BCUT2D eigenvalue weighted by atomic mass is 10.1. The number of rotatable bonds is 5. The zero-order valence-electron chi connectivity index (χ0n) is 13.6. The van der Waals surface area contributed by atoms with E-state index in [-0.39, 0.29) is 5.91 Å². The SMILES string of the molecule is CCc1oc2ccccc2c1CN(C)C(=O)Cc1ccccc1. The number of benzene rings is 2. The Morgan fingerprint density at radius 2 is 1.74 bits per heavy atom. The maximum absolute atomic E-state index is 12.5. The molecule has 3 nitrogen and oxygen atoms in total. The normalized spacial score (nSPS) is 10.9. The fourth-order valence-electron chi connectivity index (χ4n) is 2.84. The van der Waals surface area contributed by atoms with E-state index in [2.05, 4.69) is 13.0 Å². The first-order chi connectivity index (χ1) is 11.2. The summed E-state index contributed by atoms with van der Waals surface area (Å²) in [6.45, 7) is 2.65. The molecule has 3 aromatic rings. The van der Waals surface area contributed by atoms with E-state index in [4.69, 9.17) is 4.42 Å². The molecule has 0 radical (unpaired) electrons. The molecule has 0 aliphatic rings. The van der Waals surface area contributed by atoms with Crippen LogP contribution in [0, 0.1) is 0 Å². The molecule has 0 unspecified atom stereocenters. The average molecular weight is 307 g/mol. The fraction of sp³-hybridized carbons (Fsp3) is 0.250. The molecule has 0 spiro atoms. The molecule has 3 heteroatoms. The molecule has 0 bridgehead atoms. The highest BCUT2D eigenvalue weighted by atomic mass is 16.3. The van der Waals surface area contributed by atoms with Crippen molar-refractivity contribution < 1.29 is 9.21 Å². The maximum atomic E-state index is 12.5. The summed E-state index contributed by atoms with van der Waals surface area (Å²) in [6, 6.07) is 17.9. The van der Waals surface area contributed by atoms with Gasteiger partial charge in [0.25, 0.3) is 0 Å². The molecule has 0 aliphatic heterocycles. The number of fused-ring (bicyclic) bond motifs is 1. The van der Waals surface area contributed by atoms with Gasteiger partial charge in [-0.3, -0.25) is 4.79 Å². The van der Waals surface area contributed by atoms with E-state index in [0.717, 1.165) is 34.3 Å². The van der Waals surface area contributed by atoms with Gasteiger partial charge >= 0.3 is 0 Å². The van der Waals surface area contributed by atoms with Crippen LogP contribution in [0.2, 0.25) is 0 Å². The van der Waals surface area contributed by atoms with Crippen LogP contribution in [-0.4, -0.2) is 17.9 Å². The molecule has 3 rings (SSSR count). The first-order valence-electron chi connectivity index (χ1n) is 7.96. The number of para-hydroxylation sites is 1. The minimum Gasteiger partial charge on any atom is -0.461 e. The van der Waals surface area contributed by atoms with Gasteiger partial charge in [-0.1, -0.05) is 55.5 Å². The number of aryl methyl sites for hydroxylation is 1. The lowest BCUT2D eigenvalue weighted by Crippen LogP contribution is -2.28. The molecule has 0 atom stereocenters. The second-order valence-electron chi connectivity index (χ2n) is 5.77. The number of amides is 1. The van der Waals surface area contributed by atoms with Gasteiger partial charge < -0.3 is 9.32 Å². The Morgan fingerprint density at radius 1 is 1.04 bits per heavy atom. The lowest BCUT2D eigenvalue weighted by Gasteiger charge is -2.17. The summed E-state index contributed by atoms with van der Waals surface area (Å²) >= 11 is 0. The molecule has 0 fully saturated rings. The Labute approximate surface area is 136 Å². The molecule has 1 heterocycles. The number of carbonyl (C=O) groups is 1. The van der Waals surface area contributed by atoms with E-state index in [0.29, 0.717) is 13.0 Å². The summed E-state index contributed by atoms with van der Waals surface area (Å²) < 4.78 is 5.91. The Hall–Kier alpha value is -2.55. The van der Waals surface area contributed by atoms with Crippen LogP contribution >= 0.6 is 0 Å². The van der Waals surface area contributed by atoms with E-state index in [1.165, 1.54) is 0 Å². The molecule has 0 saturated heterocycles. The quantitative estimate of drug-likeness (QED) is 0.708. The van der Waals surface area contributed by atoms with Crippen molar-refractivity contribution >= 4 is 16.9 Å². The summed E-state index contributed by atoms with van der Waals surface area (Å²) in [7, 11) is 1.85. The van der Waals surface area contributed by atoms with E-state index >= 15 is 0 Å². The number of hydrogen-bond acceptors (Lipinski definition) is 2. The van der Waals surface area contributed by atoms with Gasteiger partial charge in [-0.15, -0.1) is 0 Å². The van der Waals surface area contributed by atoms with Crippen molar-refractivity contribution in [1.82, 2.24) is 4.90 Å². The monoisotopic (exact) mass is 307 g/mol. The van der Waals surface area contributed by atoms with Crippen LogP contribution < -0.4 is 0 Å². The van der Waals surface area contributed by atoms with Crippen molar-refractivity contribution in [3.63, 3.8) is 0 Å². The first-order valence-corrected chi connectivity index (χ1v) is 7.96. The van der Waals surface area contributed by atoms with Gasteiger partial charge in [-0.2, -0.15) is 0 Å². The molecule has 1 amide bonds. The topological polar surface area (TPSA) is 33.5 Å². The predicted molar refractivity (Wildman–Crippen MR) is 92.2 cm³/mol. The molecule has 23 heavy (non-hydrogen) atoms. The minimum atomic E-state index is 0.114. The smallest absolute Gasteiger partial charge is 0.227 e. The molecular weight excluding hydrogens is 286 g/mol. The Bertz CT molecular complexity index is 805. The van der Waals surface area contributed by atoms with Crippen LogP contribution in [0.5, 0.6) is 0 Å². The van der Waals surface area contributed by atoms with Gasteiger partial charge in [0.15, 0.2) is 0 Å². The maximum Gasteiger partial charge on any atom is 0.227 e. The lowest BCUT2D eigenvalue weighted by molar-refractivity contribution is -0.129.